The smallest absolute Gasteiger partial charge is 0.332 e. The van der Waals surface area contributed by atoms with Crippen LogP contribution in [-0.4, -0.2) is 63.0 Å². The van der Waals surface area contributed by atoms with Crippen molar-refractivity contribution in [1.29, 1.82) is 0 Å². The number of aliphatic carboxylic acids is 1. The number of carbonyl (C=O) groups is 2. The number of ether oxygens (including phenoxy) is 1. The summed E-state index contributed by atoms with van der Waals surface area (Å²) in [5.41, 5.74) is -1.35. The maximum Gasteiger partial charge on any atom is 0.332 e. The van der Waals surface area contributed by atoms with Gasteiger partial charge in [-0.25, -0.2) is 14.6 Å². The Morgan fingerprint density at radius 1 is 1.60 bits per heavy atom. The molecule has 9 nitrogen and oxygen atoms in total. The number of aromatic amines is 1. The Balaban J connectivity index is 1.98. The number of hydrogen-bond donors (Lipinski definition) is 3. The molecule has 0 bridgehead atoms. The number of rotatable bonds is 4. The first-order chi connectivity index (χ1) is 9.43. The monoisotopic (exact) mass is 283 g/mol. The van der Waals surface area contributed by atoms with Crippen LogP contribution >= 0.6 is 0 Å². The summed E-state index contributed by atoms with van der Waals surface area (Å²) >= 11 is 0. The van der Waals surface area contributed by atoms with Gasteiger partial charge in [0.25, 0.3) is 0 Å². The van der Waals surface area contributed by atoms with E-state index < -0.39 is 17.5 Å². The molecule has 1 unspecified atom stereocenters. The second-order valence-corrected chi connectivity index (χ2v) is 4.81. The molecule has 9 heteroatoms. The standard InChI is InChI=1S/C11H17N5O4/c1-7-12-8(15-14-7)5-16(2)10(19)13-11(9(17)18)3-4-20-6-11/h3-6H2,1-2H3,(H,13,19)(H,17,18)(H,12,14,15). The molecule has 2 amide bonds. The average molecular weight is 283 g/mol. The van der Waals surface area contributed by atoms with Crippen molar-refractivity contribution in [3.8, 4) is 0 Å². The van der Waals surface area contributed by atoms with Gasteiger partial charge >= 0.3 is 12.0 Å². The van der Waals surface area contributed by atoms with E-state index in [1.54, 1.807) is 14.0 Å². The number of carboxylic acid groups (broad SMARTS) is 1. The Morgan fingerprint density at radius 3 is 2.85 bits per heavy atom. The largest absolute Gasteiger partial charge is 0.479 e. The number of aryl methyl sites for hydroxylation is 1. The summed E-state index contributed by atoms with van der Waals surface area (Å²) in [5.74, 6) is 0.0256. The quantitative estimate of drug-likeness (QED) is 0.685. The molecule has 1 aliphatic rings. The summed E-state index contributed by atoms with van der Waals surface area (Å²) < 4.78 is 5.08. The molecule has 0 saturated carbocycles. The van der Waals surface area contributed by atoms with Gasteiger partial charge in [-0.05, 0) is 6.92 Å². The topological polar surface area (TPSA) is 120 Å². The summed E-state index contributed by atoms with van der Waals surface area (Å²) in [4.78, 5) is 28.8. The highest BCUT2D eigenvalue weighted by atomic mass is 16.5. The van der Waals surface area contributed by atoms with Crippen molar-refractivity contribution in [2.75, 3.05) is 20.3 Å². The molecule has 1 aromatic heterocycles. The van der Waals surface area contributed by atoms with E-state index in [1.807, 2.05) is 0 Å². The van der Waals surface area contributed by atoms with Crippen LogP contribution in [0.5, 0.6) is 0 Å². The van der Waals surface area contributed by atoms with Gasteiger partial charge in [0, 0.05) is 20.1 Å². The van der Waals surface area contributed by atoms with Gasteiger partial charge in [0.1, 0.15) is 5.82 Å². The Labute approximate surface area is 115 Å². The van der Waals surface area contributed by atoms with E-state index in [1.165, 1.54) is 4.90 Å². The molecule has 1 fully saturated rings. The zero-order valence-corrected chi connectivity index (χ0v) is 11.3. The van der Waals surface area contributed by atoms with Crippen molar-refractivity contribution in [3.05, 3.63) is 11.6 Å². The van der Waals surface area contributed by atoms with Gasteiger partial charge < -0.3 is 20.1 Å². The maximum absolute atomic E-state index is 12.0. The summed E-state index contributed by atoms with van der Waals surface area (Å²) in [6.45, 7) is 2.23. The third-order valence-corrected chi connectivity index (χ3v) is 3.15. The normalized spacial score (nSPS) is 21.7. The average Bonchev–Trinajstić information content (AvgIpc) is 2.99. The Kier molecular flexibility index (Phi) is 3.89. The number of hydrogen-bond acceptors (Lipinski definition) is 5. The van der Waals surface area contributed by atoms with Crippen LogP contribution in [0.25, 0.3) is 0 Å². The molecule has 1 aromatic rings. The van der Waals surface area contributed by atoms with E-state index in [4.69, 9.17) is 4.74 Å². The van der Waals surface area contributed by atoms with E-state index in [0.29, 0.717) is 18.3 Å². The van der Waals surface area contributed by atoms with Crippen molar-refractivity contribution in [2.24, 2.45) is 0 Å². The summed E-state index contributed by atoms with van der Waals surface area (Å²) in [6, 6.07) is -0.500. The van der Waals surface area contributed by atoms with E-state index >= 15 is 0 Å². The van der Waals surface area contributed by atoms with Crippen LogP contribution in [0.4, 0.5) is 4.79 Å². The van der Waals surface area contributed by atoms with E-state index in [9.17, 15) is 14.7 Å². The van der Waals surface area contributed by atoms with Crippen LogP contribution in [-0.2, 0) is 16.1 Å². The van der Waals surface area contributed by atoms with Crippen molar-refractivity contribution < 1.29 is 19.4 Å². The molecule has 0 aliphatic carbocycles. The van der Waals surface area contributed by atoms with Crippen LogP contribution < -0.4 is 5.32 Å². The molecule has 20 heavy (non-hydrogen) atoms. The number of H-pyrrole nitrogens is 1. The highest BCUT2D eigenvalue weighted by molar-refractivity contribution is 5.86. The number of nitrogens with one attached hydrogen (secondary N) is 2. The second-order valence-electron chi connectivity index (χ2n) is 4.81. The Morgan fingerprint density at radius 2 is 2.35 bits per heavy atom. The van der Waals surface area contributed by atoms with Crippen molar-refractivity contribution in [2.45, 2.75) is 25.4 Å². The molecule has 110 valence electrons. The summed E-state index contributed by atoms with van der Waals surface area (Å²) in [6.07, 6.45) is 0.252. The predicted octanol–water partition coefficient (Wildman–Crippen LogP) is -0.502. The molecule has 1 saturated heterocycles. The minimum absolute atomic E-state index is 0.0261. The van der Waals surface area contributed by atoms with Gasteiger partial charge in [-0.2, -0.15) is 5.10 Å². The van der Waals surface area contributed by atoms with Gasteiger partial charge in [-0.1, -0.05) is 0 Å². The number of urea groups is 1. The molecular formula is C11H17N5O4. The SMILES string of the molecule is Cc1nc(CN(C)C(=O)NC2(C(=O)O)CCOC2)n[nH]1. The fraction of sp³-hybridized carbons (Fsp3) is 0.636. The molecule has 0 spiro atoms. The molecule has 0 aromatic carbocycles. The van der Waals surface area contributed by atoms with Crippen LogP contribution in [0.3, 0.4) is 0 Å². The van der Waals surface area contributed by atoms with Gasteiger partial charge in [0.05, 0.1) is 13.2 Å². The van der Waals surface area contributed by atoms with Crippen molar-refractivity contribution >= 4 is 12.0 Å². The van der Waals surface area contributed by atoms with Crippen molar-refractivity contribution in [3.63, 3.8) is 0 Å². The molecule has 1 aliphatic heterocycles. The minimum Gasteiger partial charge on any atom is -0.479 e. The fourth-order valence-electron chi connectivity index (χ4n) is 1.93. The summed E-state index contributed by atoms with van der Waals surface area (Å²) in [7, 11) is 1.55. The molecular weight excluding hydrogens is 266 g/mol. The highest BCUT2D eigenvalue weighted by Gasteiger charge is 2.44. The first kappa shape index (κ1) is 14.3. The molecule has 3 N–H and O–H groups in total. The van der Waals surface area contributed by atoms with Crippen LogP contribution in [0.2, 0.25) is 0 Å². The minimum atomic E-state index is -1.35. The number of aromatic nitrogens is 3. The predicted molar refractivity (Wildman–Crippen MR) is 66.9 cm³/mol. The first-order valence-corrected chi connectivity index (χ1v) is 6.15. The molecule has 1 atom stereocenters. The Bertz CT molecular complexity index is 509. The van der Waals surface area contributed by atoms with Crippen molar-refractivity contribution in [1.82, 2.24) is 25.4 Å². The van der Waals surface area contributed by atoms with Gasteiger partial charge in [0.15, 0.2) is 11.4 Å². The third-order valence-electron chi connectivity index (χ3n) is 3.15. The summed E-state index contributed by atoms with van der Waals surface area (Å²) in [5, 5.41) is 18.4. The van der Waals surface area contributed by atoms with E-state index in [-0.39, 0.29) is 19.6 Å². The number of nitrogens with zero attached hydrogens (tertiary/aromatic N) is 3. The van der Waals surface area contributed by atoms with Gasteiger partial charge in [-0.3, -0.25) is 5.10 Å². The zero-order valence-electron chi connectivity index (χ0n) is 11.3. The van der Waals surface area contributed by atoms with Gasteiger partial charge in [-0.15, -0.1) is 0 Å². The van der Waals surface area contributed by atoms with E-state index in [0.717, 1.165) is 0 Å². The zero-order chi connectivity index (χ0) is 14.8. The highest BCUT2D eigenvalue weighted by Crippen LogP contribution is 2.19. The fourth-order valence-corrected chi connectivity index (χ4v) is 1.93. The van der Waals surface area contributed by atoms with Crippen LogP contribution in [0, 0.1) is 6.92 Å². The van der Waals surface area contributed by atoms with E-state index in [2.05, 4.69) is 20.5 Å². The third kappa shape index (κ3) is 2.87. The molecule has 0 radical (unpaired) electrons. The number of carboxylic acids is 1. The molecule has 2 heterocycles. The maximum atomic E-state index is 12.0. The lowest BCUT2D eigenvalue weighted by Crippen LogP contribution is -2.57. The second kappa shape index (κ2) is 5.45. The lowest BCUT2D eigenvalue weighted by molar-refractivity contribution is -0.144. The lowest BCUT2D eigenvalue weighted by Gasteiger charge is -2.26. The number of amides is 2. The van der Waals surface area contributed by atoms with Crippen LogP contribution in [0.1, 0.15) is 18.1 Å². The molecule has 2 rings (SSSR count). The van der Waals surface area contributed by atoms with Gasteiger partial charge in [0.2, 0.25) is 0 Å². The Hall–Kier alpha value is -2.16. The number of carbonyl (C=O) groups excluding carboxylic acids is 1. The first-order valence-electron chi connectivity index (χ1n) is 6.15. The lowest BCUT2D eigenvalue weighted by atomic mass is 9.99. The van der Waals surface area contributed by atoms with Crippen LogP contribution in [0.15, 0.2) is 0 Å².